The zero-order valence-corrected chi connectivity index (χ0v) is 26.2. The van der Waals surface area contributed by atoms with Gasteiger partial charge in [-0.2, -0.15) is 0 Å². The smallest absolute Gasteiger partial charge is 0.338 e. The minimum absolute atomic E-state index is 0.0879. The van der Waals surface area contributed by atoms with Gasteiger partial charge in [0.2, 0.25) is 0 Å². The summed E-state index contributed by atoms with van der Waals surface area (Å²) < 4.78 is 24.9. The number of carbonyl (C=O) groups excluding carboxylic acids is 1. The largest absolute Gasteiger partial charge is 0.496 e. The lowest BCUT2D eigenvalue weighted by molar-refractivity contribution is -0.384. The minimum atomic E-state index is -0.991. The van der Waals surface area contributed by atoms with Crippen molar-refractivity contribution in [3.63, 3.8) is 0 Å². The summed E-state index contributed by atoms with van der Waals surface area (Å²) in [6.45, 7) is 5.29. The summed E-state index contributed by atoms with van der Waals surface area (Å²) in [5.41, 5.74) is 1.94. The monoisotopic (exact) mass is 667 g/mol. The number of ether oxygens (including phenoxy) is 3. The highest BCUT2D eigenvalue weighted by atomic mass is 79.9. The van der Waals surface area contributed by atoms with Gasteiger partial charge in [-0.3, -0.25) is 19.5 Å². The molecule has 2 aromatic heterocycles. The number of furan rings is 1. The number of hydrogen-bond donors (Lipinski definition) is 0. The Kier molecular flexibility index (Phi) is 8.38. The van der Waals surface area contributed by atoms with Crippen molar-refractivity contribution in [2.45, 2.75) is 26.8 Å². The van der Waals surface area contributed by atoms with Crippen LogP contribution in [0.1, 0.15) is 36.8 Å². The van der Waals surface area contributed by atoms with Crippen LogP contribution in [0.4, 0.5) is 5.69 Å². The number of non-ortho nitro benzene ring substituents is 1. The van der Waals surface area contributed by atoms with Gasteiger partial charge in [-0.15, -0.1) is 0 Å². The molecular formula is C30H26BrN3O8S. The average Bonchev–Trinajstić information content (AvgIpc) is 3.57. The summed E-state index contributed by atoms with van der Waals surface area (Å²) in [5, 5.41) is 11.4. The van der Waals surface area contributed by atoms with Crippen LogP contribution >= 0.6 is 27.3 Å². The first-order valence-electron chi connectivity index (χ1n) is 13.0. The summed E-state index contributed by atoms with van der Waals surface area (Å²) in [7, 11) is 3.06. The lowest BCUT2D eigenvalue weighted by Gasteiger charge is -2.22. The van der Waals surface area contributed by atoms with E-state index in [0.29, 0.717) is 47.9 Å². The molecule has 1 aliphatic heterocycles. The van der Waals surface area contributed by atoms with Gasteiger partial charge in [0.15, 0.2) is 4.80 Å². The fourth-order valence-corrected chi connectivity index (χ4v) is 6.39. The number of allylic oxidation sites excluding steroid dienone is 1. The molecule has 11 nitrogen and oxygen atoms in total. The molecule has 0 bridgehead atoms. The normalized spacial score (nSPS) is 14.7. The van der Waals surface area contributed by atoms with Gasteiger partial charge in [0.25, 0.3) is 11.2 Å². The first-order chi connectivity index (χ1) is 20.6. The van der Waals surface area contributed by atoms with Gasteiger partial charge < -0.3 is 18.6 Å². The molecule has 4 aromatic rings. The second-order valence-corrected chi connectivity index (χ2v) is 11.4. The lowest BCUT2D eigenvalue weighted by atomic mass is 10.0. The number of methoxy groups -OCH3 is 2. The van der Waals surface area contributed by atoms with Crippen molar-refractivity contribution in [1.29, 1.82) is 0 Å². The third-order valence-corrected chi connectivity index (χ3v) is 8.50. The quantitative estimate of drug-likeness (QED) is 0.145. The number of thiazole rings is 1. The predicted octanol–water partition coefficient (Wildman–Crippen LogP) is 5.05. The van der Waals surface area contributed by atoms with Crippen LogP contribution in [0.25, 0.3) is 17.4 Å². The Morgan fingerprint density at radius 3 is 2.58 bits per heavy atom. The number of nitro groups is 1. The predicted molar refractivity (Wildman–Crippen MR) is 163 cm³/mol. The minimum Gasteiger partial charge on any atom is -0.496 e. The van der Waals surface area contributed by atoms with E-state index in [1.807, 2.05) is 6.92 Å². The summed E-state index contributed by atoms with van der Waals surface area (Å²) in [6.07, 6.45) is 1.69. The van der Waals surface area contributed by atoms with E-state index >= 15 is 0 Å². The summed E-state index contributed by atoms with van der Waals surface area (Å²) >= 11 is 4.63. The van der Waals surface area contributed by atoms with Gasteiger partial charge in [-0.25, -0.2) is 9.79 Å². The molecule has 0 fully saturated rings. The van der Waals surface area contributed by atoms with Crippen molar-refractivity contribution >= 4 is 45.0 Å². The maximum Gasteiger partial charge on any atom is 0.338 e. The van der Waals surface area contributed by atoms with E-state index in [0.717, 1.165) is 16.9 Å². The van der Waals surface area contributed by atoms with E-state index in [1.54, 1.807) is 57.4 Å². The van der Waals surface area contributed by atoms with Gasteiger partial charge in [-0.1, -0.05) is 17.4 Å². The fourth-order valence-electron chi connectivity index (χ4n) is 4.83. The van der Waals surface area contributed by atoms with E-state index in [-0.39, 0.29) is 23.6 Å². The molecule has 5 rings (SSSR count). The van der Waals surface area contributed by atoms with E-state index in [4.69, 9.17) is 18.6 Å². The first kappa shape index (κ1) is 30.0. The van der Waals surface area contributed by atoms with Crippen LogP contribution in [0.15, 0.2) is 72.4 Å². The molecule has 43 heavy (non-hydrogen) atoms. The first-order valence-corrected chi connectivity index (χ1v) is 14.6. The summed E-state index contributed by atoms with van der Waals surface area (Å²) in [5.74, 6) is 1.06. The standard InChI is InChI=1S/C30H26BrN3O8S/c1-6-41-29(36)26-16(3)32-30-33(28(35)25(43-30)12-17-11-20(31)24(40-5)14-23(17)39-4)27(26)22-10-9-21(42-22)19-13-18(34(37)38)8-7-15(19)2/h7-14,27H,6H2,1-5H3/b25-12-/t27-/m1/s1. The van der Waals surface area contributed by atoms with Gasteiger partial charge >= 0.3 is 5.97 Å². The number of rotatable bonds is 8. The van der Waals surface area contributed by atoms with Gasteiger partial charge in [-0.05, 0) is 66.5 Å². The average molecular weight is 669 g/mol. The number of nitrogens with zero attached hydrogens (tertiary/aromatic N) is 3. The number of carbonyl (C=O) groups is 1. The Labute approximate surface area is 257 Å². The molecule has 2 aromatic carbocycles. The molecule has 0 saturated carbocycles. The molecule has 0 amide bonds. The molecule has 0 N–H and O–H groups in total. The molecule has 0 unspecified atom stereocenters. The topological polar surface area (TPSA) is 135 Å². The number of esters is 1. The molecule has 3 heterocycles. The SMILES string of the molecule is CCOC(=O)C1=C(C)N=c2s/c(=C\c3cc(Br)c(OC)cc3OC)c(=O)n2[C@@H]1c1ccc(-c2cc([N+](=O)[O-])ccc2C)o1. The Morgan fingerprint density at radius 1 is 1.16 bits per heavy atom. The molecule has 13 heteroatoms. The molecule has 222 valence electrons. The molecule has 0 aliphatic carbocycles. The second kappa shape index (κ2) is 12.0. The van der Waals surface area contributed by atoms with Crippen molar-refractivity contribution in [3.05, 3.63) is 105 Å². The van der Waals surface area contributed by atoms with Gasteiger partial charge in [0, 0.05) is 29.3 Å². The van der Waals surface area contributed by atoms with Crippen LogP contribution < -0.4 is 24.4 Å². The summed E-state index contributed by atoms with van der Waals surface area (Å²) in [6, 6.07) is 10.3. The highest BCUT2D eigenvalue weighted by molar-refractivity contribution is 9.10. The molecule has 0 saturated heterocycles. The Hall–Kier alpha value is -4.49. The van der Waals surface area contributed by atoms with Gasteiger partial charge in [0.1, 0.15) is 29.1 Å². The number of nitro benzene ring substituents is 1. The van der Waals surface area contributed by atoms with Crippen LogP contribution in [-0.4, -0.2) is 36.3 Å². The zero-order valence-electron chi connectivity index (χ0n) is 23.8. The number of fused-ring (bicyclic) bond motifs is 1. The lowest BCUT2D eigenvalue weighted by Crippen LogP contribution is -2.39. The molecule has 1 atom stereocenters. The van der Waals surface area contributed by atoms with Crippen molar-refractivity contribution in [2.24, 2.45) is 4.99 Å². The molecule has 1 aliphatic rings. The van der Waals surface area contributed by atoms with Gasteiger partial charge in [0.05, 0.1) is 46.0 Å². The van der Waals surface area contributed by atoms with Crippen molar-refractivity contribution in [1.82, 2.24) is 4.57 Å². The third-order valence-electron chi connectivity index (χ3n) is 6.90. The number of benzene rings is 2. The van der Waals surface area contributed by atoms with Crippen molar-refractivity contribution in [3.8, 4) is 22.8 Å². The number of hydrogen-bond acceptors (Lipinski definition) is 10. The van der Waals surface area contributed by atoms with Crippen LogP contribution in [0, 0.1) is 17.0 Å². The Bertz CT molecular complexity index is 1990. The highest BCUT2D eigenvalue weighted by Crippen LogP contribution is 2.36. The Balaban J connectivity index is 1.71. The maximum atomic E-state index is 14.0. The van der Waals surface area contributed by atoms with Crippen LogP contribution in [0.2, 0.25) is 0 Å². The number of halogens is 1. The van der Waals surface area contributed by atoms with Crippen LogP contribution in [0.3, 0.4) is 0 Å². The van der Waals surface area contributed by atoms with E-state index in [2.05, 4.69) is 20.9 Å². The van der Waals surface area contributed by atoms with E-state index < -0.39 is 22.5 Å². The maximum absolute atomic E-state index is 14.0. The van der Waals surface area contributed by atoms with Crippen LogP contribution in [0.5, 0.6) is 11.5 Å². The molecule has 0 radical (unpaired) electrons. The van der Waals surface area contributed by atoms with Crippen molar-refractivity contribution < 1.29 is 28.3 Å². The second-order valence-electron chi connectivity index (χ2n) is 9.49. The van der Waals surface area contributed by atoms with Crippen molar-refractivity contribution in [2.75, 3.05) is 20.8 Å². The van der Waals surface area contributed by atoms with Crippen LogP contribution in [-0.2, 0) is 9.53 Å². The van der Waals surface area contributed by atoms with E-state index in [1.165, 1.54) is 23.8 Å². The zero-order chi connectivity index (χ0) is 31.0. The molecule has 0 spiro atoms. The van der Waals surface area contributed by atoms with E-state index in [9.17, 15) is 19.7 Å². The number of aromatic nitrogens is 1. The Morgan fingerprint density at radius 2 is 1.91 bits per heavy atom. The highest BCUT2D eigenvalue weighted by Gasteiger charge is 2.35. The number of aryl methyl sites for hydroxylation is 1. The fraction of sp³-hybridized carbons (Fsp3) is 0.233. The third kappa shape index (κ3) is 5.53. The molecular weight excluding hydrogens is 642 g/mol. The summed E-state index contributed by atoms with van der Waals surface area (Å²) in [4.78, 5) is 43.1.